The molecule has 9 heavy (non-hydrogen) atoms. The molecule has 0 radical (unpaired) electrons. The van der Waals surface area contributed by atoms with Crippen molar-refractivity contribution < 1.29 is 0 Å². The number of aryl methyl sites for hydroxylation is 1. The summed E-state index contributed by atoms with van der Waals surface area (Å²) in [7, 11) is 0.512. The molecule has 0 saturated carbocycles. The first-order valence-electron chi connectivity index (χ1n) is 3.47. The Labute approximate surface area is 59.5 Å². The summed E-state index contributed by atoms with van der Waals surface area (Å²) in [5.74, 6) is 1.36. The molecule has 0 spiro atoms. The van der Waals surface area contributed by atoms with Crippen molar-refractivity contribution in [3.63, 3.8) is 0 Å². The van der Waals surface area contributed by atoms with Crippen LogP contribution in [0.1, 0.15) is 19.8 Å². The van der Waals surface area contributed by atoms with E-state index in [-0.39, 0.29) is 0 Å². The van der Waals surface area contributed by atoms with E-state index in [4.69, 9.17) is 0 Å². The maximum Gasteiger partial charge on any atom is 0.137 e. The van der Waals surface area contributed by atoms with Gasteiger partial charge in [0.05, 0.1) is 0 Å². The molecule has 50 valence electrons. The van der Waals surface area contributed by atoms with Crippen LogP contribution in [0.2, 0.25) is 0 Å². The molecule has 0 unspecified atom stereocenters. The van der Waals surface area contributed by atoms with Gasteiger partial charge >= 0.3 is 0 Å². The molecule has 0 N–H and O–H groups in total. The van der Waals surface area contributed by atoms with Crippen LogP contribution in [-0.4, -0.2) is 0 Å². The molecule has 0 bridgehead atoms. The highest BCUT2D eigenvalue weighted by Crippen LogP contribution is 2.19. The molecule has 0 aliphatic heterocycles. The summed E-state index contributed by atoms with van der Waals surface area (Å²) in [5, 5.41) is 4.60. The van der Waals surface area contributed by atoms with Crippen LogP contribution in [0.15, 0.2) is 22.9 Å². The molecule has 0 atom stereocenters. The first-order valence-corrected chi connectivity index (χ1v) is 4.99. The molecule has 0 saturated heterocycles. The van der Waals surface area contributed by atoms with Gasteiger partial charge in [-0.1, -0.05) is 13.3 Å². The first-order chi connectivity index (χ1) is 4.43. The topological polar surface area (TPSA) is 0 Å². The Balaban J connectivity index is 2.30. The quantitative estimate of drug-likeness (QED) is 0.567. The number of hydrogen-bond acceptors (Lipinski definition) is 0. The molecule has 1 aromatic rings. The van der Waals surface area contributed by atoms with Crippen LogP contribution < -0.4 is 0 Å². The molecule has 0 aliphatic carbocycles. The van der Waals surface area contributed by atoms with E-state index in [2.05, 4.69) is 29.8 Å². The standard InChI is InChI=1S/C8H13S/c1-2-3-6-9-7-4-5-8-9/h4-5,7-8H,2-3,6H2,1H3/q+1. The largest absolute Gasteiger partial charge is 0.137 e. The molecule has 0 nitrogen and oxygen atoms in total. The molecule has 1 aromatic heterocycles. The predicted octanol–water partition coefficient (Wildman–Crippen LogP) is 3.24. The fourth-order valence-corrected chi connectivity index (χ4v) is 2.36. The van der Waals surface area contributed by atoms with Crippen LogP contribution >= 0.6 is 10.5 Å². The Bertz CT molecular complexity index is 142. The van der Waals surface area contributed by atoms with Gasteiger partial charge < -0.3 is 0 Å². The van der Waals surface area contributed by atoms with Gasteiger partial charge in [-0.15, -0.1) is 0 Å². The van der Waals surface area contributed by atoms with Gasteiger partial charge in [-0.2, -0.15) is 0 Å². The van der Waals surface area contributed by atoms with Gasteiger partial charge in [-0.05, 0) is 29.0 Å². The van der Waals surface area contributed by atoms with Crippen LogP contribution in [-0.2, 0) is 5.75 Å². The SMILES string of the molecule is CCCC[s+]1cccc1. The second kappa shape index (κ2) is 3.67. The lowest BCUT2D eigenvalue weighted by Crippen LogP contribution is -1.68. The third kappa shape index (κ3) is 2.19. The first kappa shape index (κ1) is 6.81. The van der Waals surface area contributed by atoms with E-state index >= 15 is 0 Å². The average Bonchev–Trinajstić information content (AvgIpc) is 2.34. The lowest BCUT2D eigenvalue weighted by molar-refractivity contribution is 0.854. The predicted molar refractivity (Wildman–Crippen MR) is 43.8 cm³/mol. The number of rotatable bonds is 3. The lowest BCUT2D eigenvalue weighted by atomic mass is 10.4. The molecule has 0 aliphatic rings. The minimum absolute atomic E-state index is 0.512. The van der Waals surface area contributed by atoms with E-state index in [9.17, 15) is 0 Å². The van der Waals surface area contributed by atoms with Crippen molar-refractivity contribution >= 4 is 10.5 Å². The Hall–Kier alpha value is -0.300. The molecule has 1 heteroatoms. The van der Waals surface area contributed by atoms with E-state index in [1.54, 1.807) is 0 Å². The Morgan fingerprint density at radius 2 is 1.89 bits per heavy atom. The molecule has 0 amide bonds. The lowest BCUT2D eigenvalue weighted by Gasteiger charge is -1.83. The summed E-state index contributed by atoms with van der Waals surface area (Å²) in [5.41, 5.74) is 0. The van der Waals surface area contributed by atoms with E-state index in [1.807, 2.05) is 0 Å². The van der Waals surface area contributed by atoms with Gasteiger partial charge in [-0.25, -0.2) is 0 Å². The fourth-order valence-electron chi connectivity index (χ4n) is 0.785. The minimum atomic E-state index is 0.512. The third-order valence-corrected chi connectivity index (χ3v) is 3.12. The Morgan fingerprint density at radius 1 is 1.22 bits per heavy atom. The summed E-state index contributed by atoms with van der Waals surface area (Å²) in [6.45, 7) is 2.24. The second-order valence-corrected chi connectivity index (χ2v) is 4.08. The molecular formula is C8H13S+. The van der Waals surface area contributed by atoms with Crippen molar-refractivity contribution in [3.05, 3.63) is 22.9 Å². The highest BCUT2D eigenvalue weighted by molar-refractivity contribution is 7.27. The number of thiophene rings is 1. The third-order valence-electron chi connectivity index (χ3n) is 1.35. The normalized spacial score (nSPS) is 9.89. The van der Waals surface area contributed by atoms with Gasteiger partial charge in [0.1, 0.15) is 16.5 Å². The molecule has 1 rings (SSSR count). The van der Waals surface area contributed by atoms with Gasteiger partial charge in [0.25, 0.3) is 0 Å². The molecular weight excluding hydrogens is 128 g/mol. The zero-order valence-corrected chi connectivity index (χ0v) is 6.66. The van der Waals surface area contributed by atoms with E-state index in [0.717, 1.165) is 0 Å². The Morgan fingerprint density at radius 3 is 2.44 bits per heavy atom. The van der Waals surface area contributed by atoms with Crippen molar-refractivity contribution in [1.82, 2.24) is 0 Å². The maximum atomic E-state index is 2.30. The number of unbranched alkanes of at least 4 members (excludes halogenated alkanes) is 1. The van der Waals surface area contributed by atoms with E-state index in [0.29, 0.717) is 10.5 Å². The molecule has 1 heterocycles. The van der Waals surface area contributed by atoms with Gasteiger partial charge in [0.15, 0.2) is 0 Å². The smallest absolute Gasteiger partial charge is 0.0652 e. The highest BCUT2D eigenvalue weighted by Gasteiger charge is 1.97. The zero-order chi connectivity index (χ0) is 6.53. The average molecular weight is 141 g/mol. The maximum absolute atomic E-state index is 2.30. The van der Waals surface area contributed by atoms with E-state index < -0.39 is 0 Å². The summed E-state index contributed by atoms with van der Waals surface area (Å²) in [6, 6.07) is 4.30. The summed E-state index contributed by atoms with van der Waals surface area (Å²) in [6.07, 6.45) is 2.70. The van der Waals surface area contributed by atoms with Crippen LogP contribution in [0.4, 0.5) is 0 Å². The Kier molecular flexibility index (Phi) is 2.78. The van der Waals surface area contributed by atoms with Crippen molar-refractivity contribution in [3.8, 4) is 0 Å². The minimum Gasteiger partial charge on any atom is -0.0652 e. The summed E-state index contributed by atoms with van der Waals surface area (Å²) < 4.78 is 0. The van der Waals surface area contributed by atoms with Crippen molar-refractivity contribution in [2.24, 2.45) is 0 Å². The van der Waals surface area contributed by atoms with Crippen LogP contribution in [0.25, 0.3) is 0 Å². The summed E-state index contributed by atoms with van der Waals surface area (Å²) >= 11 is 0. The van der Waals surface area contributed by atoms with Crippen LogP contribution in [0, 0.1) is 0 Å². The monoisotopic (exact) mass is 141 g/mol. The summed E-state index contributed by atoms with van der Waals surface area (Å²) in [4.78, 5) is 0. The number of hydrogen-bond donors (Lipinski definition) is 0. The highest BCUT2D eigenvalue weighted by atomic mass is 32.2. The van der Waals surface area contributed by atoms with Crippen molar-refractivity contribution in [2.45, 2.75) is 25.5 Å². The molecule has 0 aromatic carbocycles. The molecule has 0 fully saturated rings. The van der Waals surface area contributed by atoms with E-state index in [1.165, 1.54) is 18.6 Å². The fraction of sp³-hybridized carbons (Fsp3) is 0.500. The van der Waals surface area contributed by atoms with Gasteiger partial charge in [-0.3, -0.25) is 0 Å². The second-order valence-electron chi connectivity index (χ2n) is 2.18. The van der Waals surface area contributed by atoms with Gasteiger partial charge in [0.2, 0.25) is 0 Å². The van der Waals surface area contributed by atoms with Crippen LogP contribution in [0.5, 0.6) is 0 Å². The zero-order valence-electron chi connectivity index (χ0n) is 5.84. The van der Waals surface area contributed by atoms with Crippen molar-refractivity contribution in [1.29, 1.82) is 0 Å². The van der Waals surface area contributed by atoms with Crippen LogP contribution in [0.3, 0.4) is 0 Å². The van der Waals surface area contributed by atoms with Crippen molar-refractivity contribution in [2.75, 3.05) is 0 Å². The van der Waals surface area contributed by atoms with Gasteiger partial charge in [0, 0.05) is 0 Å².